The largest absolute Gasteiger partial charge is 0.326 e. The molecule has 0 radical (unpaired) electrons. The molecule has 2 rings (SSSR count). The minimum Gasteiger partial charge on any atom is -0.326 e. The van der Waals surface area contributed by atoms with Gasteiger partial charge in [0.05, 0.1) is 0 Å². The van der Waals surface area contributed by atoms with Crippen molar-refractivity contribution in [1.82, 2.24) is 4.90 Å². The zero-order valence-electron chi connectivity index (χ0n) is 8.42. The Morgan fingerprint density at radius 1 is 1.53 bits per heavy atom. The molecule has 0 aromatic heterocycles. The molecule has 0 amide bonds. The summed E-state index contributed by atoms with van der Waals surface area (Å²) in [6.45, 7) is 2.50. The van der Waals surface area contributed by atoms with E-state index in [0.29, 0.717) is 6.54 Å². The van der Waals surface area contributed by atoms with Gasteiger partial charge in [-0.05, 0) is 18.6 Å². The summed E-state index contributed by atoms with van der Waals surface area (Å²) in [5.74, 6) is -0.148. The maximum atomic E-state index is 13.5. The maximum Gasteiger partial charge on any atom is 0.128 e. The zero-order chi connectivity index (χ0) is 10.8. The molecule has 0 bridgehead atoms. The monoisotopic (exact) mass is 272 g/mol. The number of benzene rings is 1. The molecule has 1 aliphatic rings. The van der Waals surface area contributed by atoms with Crippen molar-refractivity contribution < 1.29 is 4.39 Å². The average molecular weight is 273 g/mol. The number of likely N-dealkylation sites (tertiary alicyclic amines) is 1. The lowest BCUT2D eigenvalue weighted by atomic mass is 10.2. The maximum absolute atomic E-state index is 13.5. The second-order valence-corrected chi connectivity index (χ2v) is 4.94. The highest BCUT2D eigenvalue weighted by Crippen LogP contribution is 2.18. The molecule has 1 saturated heterocycles. The number of hydrogen-bond acceptors (Lipinski definition) is 2. The summed E-state index contributed by atoms with van der Waals surface area (Å²) >= 11 is 3.24. The van der Waals surface area contributed by atoms with Gasteiger partial charge < -0.3 is 5.73 Å². The smallest absolute Gasteiger partial charge is 0.128 e. The van der Waals surface area contributed by atoms with E-state index >= 15 is 0 Å². The van der Waals surface area contributed by atoms with Crippen LogP contribution in [-0.2, 0) is 6.54 Å². The molecule has 0 saturated carbocycles. The number of nitrogens with two attached hydrogens (primary N) is 1. The Bertz CT molecular complexity index is 356. The van der Waals surface area contributed by atoms with Gasteiger partial charge in [0.2, 0.25) is 0 Å². The topological polar surface area (TPSA) is 29.3 Å². The molecule has 0 spiro atoms. The van der Waals surface area contributed by atoms with E-state index < -0.39 is 0 Å². The molecule has 82 valence electrons. The van der Waals surface area contributed by atoms with Crippen molar-refractivity contribution in [3.8, 4) is 0 Å². The number of halogens is 2. The summed E-state index contributed by atoms with van der Waals surface area (Å²) in [6.07, 6.45) is 1.01. The number of nitrogens with zero attached hydrogens (tertiary/aromatic N) is 1. The minimum absolute atomic E-state index is 0.148. The Morgan fingerprint density at radius 2 is 2.33 bits per heavy atom. The lowest BCUT2D eigenvalue weighted by Gasteiger charge is -2.15. The fourth-order valence-corrected chi connectivity index (χ4v) is 2.23. The van der Waals surface area contributed by atoms with Crippen molar-refractivity contribution in [3.63, 3.8) is 0 Å². The van der Waals surface area contributed by atoms with Crippen LogP contribution < -0.4 is 5.73 Å². The molecule has 2 nitrogen and oxygen atoms in total. The van der Waals surface area contributed by atoms with Crippen LogP contribution in [0.5, 0.6) is 0 Å². The van der Waals surface area contributed by atoms with Gasteiger partial charge >= 0.3 is 0 Å². The summed E-state index contributed by atoms with van der Waals surface area (Å²) in [5.41, 5.74) is 6.54. The van der Waals surface area contributed by atoms with Crippen LogP contribution in [0.25, 0.3) is 0 Å². The highest BCUT2D eigenvalue weighted by Gasteiger charge is 2.19. The molecule has 1 aromatic rings. The van der Waals surface area contributed by atoms with E-state index in [-0.39, 0.29) is 11.9 Å². The first-order valence-electron chi connectivity index (χ1n) is 5.07. The van der Waals surface area contributed by atoms with Crippen molar-refractivity contribution >= 4 is 15.9 Å². The molecule has 1 aliphatic heterocycles. The van der Waals surface area contributed by atoms with E-state index in [9.17, 15) is 4.39 Å². The summed E-state index contributed by atoms with van der Waals surface area (Å²) in [7, 11) is 0. The lowest BCUT2D eigenvalue weighted by Crippen LogP contribution is -2.26. The van der Waals surface area contributed by atoms with Crippen LogP contribution in [0.1, 0.15) is 12.0 Å². The van der Waals surface area contributed by atoms with Crippen LogP contribution in [-0.4, -0.2) is 24.0 Å². The Morgan fingerprint density at radius 3 is 2.93 bits per heavy atom. The van der Waals surface area contributed by atoms with Crippen LogP contribution in [0.15, 0.2) is 22.7 Å². The van der Waals surface area contributed by atoms with Crippen LogP contribution in [0.3, 0.4) is 0 Å². The van der Waals surface area contributed by atoms with Gasteiger partial charge in [-0.3, -0.25) is 4.90 Å². The Labute approximate surface area is 97.4 Å². The normalized spacial score (nSPS) is 22.2. The summed E-state index contributed by atoms with van der Waals surface area (Å²) in [6, 6.07) is 5.45. The fraction of sp³-hybridized carbons (Fsp3) is 0.455. The highest BCUT2D eigenvalue weighted by atomic mass is 79.9. The molecule has 1 atom stereocenters. The van der Waals surface area contributed by atoms with Gasteiger partial charge in [0.15, 0.2) is 0 Å². The van der Waals surface area contributed by atoms with Crippen LogP contribution in [0.4, 0.5) is 4.39 Å². The van der Waals surface area contributed by atoms with Crippen LogP contribution in [0.2, 0.25) is 0 Å². The molecular weight excluding hydrogens is 259 g/mol. The second-order valence-electron chi connectivity index (χ2n) is 4.02. The van der Waals surface area contributed by atoms with Gasteiger partial charge in [-0.1, -0.05) is 22.0 Å². The van der Waals surface area contributed by atoms with E-state index in [1.165, 1.54) is 6.07 Å². The summed E-state index contributed by atoms with van der Waals surface area (Å²) < 4.78 is 14.3. The molecule has 0 aliphatic carbocycles. The third-order valence-corrected chi connectivity index (χ3v) is 3.21. The van der Waals surface area contributed by atoms with Crippen molar-refractivity contribution in [2.75, 3.05) is 13.1 Å². The van der Waals surface area contributed by atoms with Crippen molar-refractivity contribution in [2.24, 2.45) is 5.73 Å². The molecule has 4 heteroatoms. The molecule has 15 heavy (non-hydrogen) atoms. The lowest BCUT2D eigenvalue weighted by molar-refractivity contribution is 0.321. The summed E-state index contributed by atoms with van der Waals surface area (Å²) in [4.78, 5) is 2.19. The predicted molar refractivity (Wildman–Crippen MR) is 62.0 cm³/mol. The van der Waals surface area contributed by atoms with E-state index in [2.05, 4.69) is 20.8 Å². The van der Waals surface area contributed by atoms with Gasteiger partial charge in [0.25, 0.3) is 0 Å². The molecule has 2 N–H and O–H groups in total. The van der Waals surface area contributed by atoms with Gasteiger partial charge in [-0.25, -0.2) is 4.39 Å². The molecular formula is C11H14BrFN2. The minimum atomic E-state index is -0.148. The number of hydrogen-bond donors (Lipinski definition) is 1. The zero-order valence-corrected chi connectivity index (χ0v) is 10.0. The van der Waals surface area contributed by atoms with Crippen LogP contribution >= 0.6 is 15.9 Å². The third kappa shape index (κ3) is 2.77. The van der Waals surface area contributed by atoms with Gasteiger partial charge in [0, 0.05) is 35.7 Å². The number of rotatable bonds is 2. The molecule has 1 aromatic carbocycles. The van der Waals surface area contributed by atoms with Gasteiger partial charge in [-0.15, -0.1) is 0 Å². The van der Waals surface area contributed by atoms with Gasteiger partial charge in [-0.2, -0.15) is 0 Å². The average Bonchev–Trinajstić information content (AvgIpc) is 2.56. The fourth-order valence-electron chi connectivity index (χ4n) is 1.90. The SMILES string of the molecule is N[C@@H]1CCN(Cc2ccc(Br)cc2F)C1. The molecule has 0 unspecified atom stereocenters. The van der Waals surface area contributed by atoms with Crippen molar-refractivity contribution in [2.45, 2.75) is 19.0 Å². The van der Waals surface area contributed by atoms with E-state index in [4.69, 9.17) is 5.73 Å². The Hall–Kier alpha value is -0.450. The molecule has 1 fully saturated rings. The van der Waals surface area contributed by atoms with Crippen molar-refractivity contribution in [1.29, 1.82) is 0 Å². The van der Waals surface area contributed by atoms with Crippen LogP contribution in [0, 0.1) is 5.82 Å². The second kappa shape index (κ2) is 4.60. The van der Waals surface area contributed by atoms with Crippen molar-refractivity contribution in [3.05, 3.63) is 34.1 Å². The molecule has 1 heterocycles. The first-order chi connectivity index (χ1) is 7.15. The third-order valence-electron chi connectivity index (χ3n) is 2.72. The first-order valence-corrected chi connectivity index (χ1v) is 5.86. The van der Waals surface area contributed by atoms with E-state index in [1.807, 2.05) is 12.1 Å². The van der Waals surface area contributed by atoms with Gasteiger partial charge in [0.1, 0.15) is 5.82 Å². The first kappa shape index (κ1) is 11.0. The van der Waals surface area contributed by atoms with E-state index in [1.54, 1.807) is 0 Å². The predicted octanol–water partition coefficient (Wildman–Crippen LogP) is 2.12. The summed E-state index contributed by atoms with van der Waals surface area (Å²) in [5, 5.41) is 0. The quantitative estimate of drug-likeness (QED) is 0.894. The standard InChI is InChI=1S/C11H14BrFN2/c12-9-2-1-8(11(13)5-9)6-15-4-3-10(14)7-15/h1-2,5,10H,3-4,6-7,14H2/t10-/m1/s1. The Balaban J connectivity index is 2.04. The Kier molecular flexibility index (Phi) is 3.38. The highest BCUT2D eigenvalue weighted by molar-refractivity contribution is 9.10. The van der Waals surface area contributed by atoms with E-state index in [0.717, 1.165) is 29.5 Å².